The number of amides is 1. The standard InChI is InChI=1S/C23H22N2O4/c1-23(2,3)21(27)18-19(16-7-5-6-8-17(16)29-4)25(22(28)20(18)26)15-11-9-14(13-24)10-12-15/h5-12,19,26H,1-4H3. The van der Waals surface area contributed by atoms with E-state index < -0.39 is 23.1 Å². The Morgan fingerprint density at radius 3 is 2.31 bits per heavy atom. The van der Waals surface area contributed by atoms with Gasteiger partial charge in [0.15, 0.2) is 11.5 Å². The molecule has 2 aromatic rings. The molecule has 1 amide bonds. The summed E-state index contributed by atoms with van der Waals surface area (Å²) in [5.41, 5.74) is 0.733. The van der Waals surface area contributed by atoms with Crippen molar-refractivity contribution in [1.82, 2.24) is 0 Å². The molecule has 1 N–H and O–H groups in total. The van der Waals surface area contributed by atoms with Crippen molar-refractivity contribution in [1.29, 1.82) is 5.26 Å². The summed E-state index contributed by atoms with van der Waals surface area (Å²) in [5, 5.41) is 19.7. The average molecular weight is 390 g/mol. The second-order valence-electron chi connectivity index (χ2n) is 7.82. The van der Waals surface area contributed by atoms with Crippen molar-refractivity contribution in [3.63, 3.8) is 0 Å². The number of anilines is 1. The van der Waals surface area contributed by atoms with Gasteiger partial charge in [-0.1, -0.05) is 39.0 Å². The van der Waals surface area contributed by atoms with E-state index in [1.807, 2.05) is 6.07 Å². The molecule has 148 valence electrons. The fraction of sp³-hybridized carbons (Fsp3) is 0.261. The molecular weight excluding hydrogens is 368 g/mol. The molecule has 0 aromatic heterocycles. The average Bonchev–Trinajstić information content (AvgIpc) is 2.97. The van der Waals surface area contributed by atoms with Crippen molar-refractivity contribution in [2.75, 3.05) is 12.0 Å². The number of ketones is 1. The first-order valence-electron chi connectivity index (χ1n) is 9.15. The van der Waals surface area contributed by atoms with Gasteiger partial charge in [-0.05, 0) is 30.3 Å². The van der Waals surface area contributed by atoms with E-state index in [1.54, 1.807) is 69.3 Å². The number of hydrogen-bond donors (Lipinski definition) is 1. The molecular formula is C23H22N2O4. The maximum absolute atomic E-state index is 13.2. The van der Waals surface area contributed by atoms with Crippen molar-refractivity contribution in [2.24, 2.45) is 5.41 Å². The van der Waals surface area contributed by atoms with Crippen molar-refractivity contribution in [3.8, 4) is 11.8 Å². The summed E-state index contributed by atoms with van der Waals surface area (Å²) in [6.45, 7) is 5.22. The molecule has 1 aliphatic heterocycles. The molecule has 3 rings (SSSR count). The van der Waals surface area contributed by atoms with Crippen LogP contribution in [-0.2, 0) is 9.59 Å². The van der Waals surface area contributed by atoms with Crippen LogP contribution in [0.5, 0.6) is 5.75 Å². The largest absolute Gasteiger partial charge is 0.503 e. The van der Waals surface area contributed by atoms with Crippen molar-refractivity contribution >= 4 is 17.4 Å². The van der Waals surface area contributed by atoms with E-state index in [9.17, 15) is 14.7 Å². The highest BCUT2D eigenvalue weighted by atomic mass is 16.5. The number of nitriles is 1. The van der Waals surface area contributed by atoms with Crippen LogP contribution in [0, 0.1) is 16.7 Å². The lowest BCUT2D eigenvalue weighted by Gasteiger charge is -2.29. The van der Waals surface area contributed by atoms with Crippen LogP contribution in [0.3, 0.4) is 0 Å². The van der Waals surface area contributed by atoms with E-state index in [1.165, 1.54) is 12.0 Å². The molecule has 6 heteroatoms. The molecule has 1 heterocycles. The normalized spacial score (nSPS) is 16.7. The maximum Gasteiger partial charge on any atom is 0.294 e. The summed E-state index contributed by atoms with van der Waals surface area (Å²) in [4.78, 5) is 27.6. The van der Waals surface area contributed by atoms with Gasteiger partial charge < -0.3 is 9.84 Å². The second-order valence-corrected chi connectivity index (χ2v) is 7.82. The molecule has 0 radical (unpaired) electrons. The van der Waals surface area contributed by atoms with Gasteiger partial charge in [-0.2, -0.15) is 5.26 Å². The van der Waals surface area contributed by atoms with E-state index in [2.05, 4.69) is 0 Å². The number of nitrogens with zero attached hydrogens (tertiary/aromatic N) is 2. The number of Topliss-reactive ketones (excluding diaryl/α,β-unsaturated/α-hetero) is 1. The minimum atomic E-state index is -0.849. The summed E-state index contributed by atoms with van der Waals surface area (Å²) >= 11 is 0. The van der Waals surface area contributed by atoms with E-state index in [0.29, 0.717) is 22.6 Å². The van der Waals surface area contributed by atoms with Crippen LogP contribution in [0.1, 0.15) is 37.9 Å². The SMILES string of the molecule is COc1ccccc1C1C(C(=O)C(C)(C)C)=C(O)C(=O)N1c1ccc(C#N)cc1. The Morgan fingerprint density at radius 1 is 1.14 bits per heavy atom. The van der Waals surface area contributed by atoms with Crippen molar-refractivity contribution in [3.05, 3.63) is 71.0 Å². The molecule has 0 spiro atoms. The zero-order chi connectivity index (χ0) is 21.3. The molecule has 1 aliphatic rings. The van der Waals surface area contributed by atoms with Crippen LogP contribution in [0.2, 0.25) is 0 Å². The Kier molecular flexibility index (Phi) is 5.17. The Balaban J connectivity index is 2.24. The van der Waals surface area contributed by atoms with Gasteiger partial charge in [0.25, 0.3) is 5.91 Å². The lowest BCUT2D eigenvalue weighted by atomic mass is 9.82. The molecule has 0 aliphatic carbocycles. The molecule has 29 heavy (non-hydrogen) atoms. The number of carbonyl (C=O) groups excluding carboxylic acids is 2. The lowest BCUT2D eigenvalue weighted by Crippen LogP contribution is -2.33. The Labute approximate surface area is 169 Å². The van der Waals surface area contributed by atoms with E-state index >= 15 is 0 Å². The number of rotatable bonds is 4. The van der Waals surface area contributed by atoms with Gasteiger partial charge in [-0.3, -0.25) is 14.5 Å². The fourth-order valence-electron chi connectivity index (χ4n) is 3.39. The highest BCUT2D eigenvalue weighted by molar-refractivity contribution is 6.17. The monoisotopic (exact) mass is 390 g/mol. The maximum atomic E-state index is 13.2. The Morgan fingerprint density at radius 2 is 1.76 bits per heavy atom. The zero-order valence-electron chi connectivity index (χ0n) is 16.8. The number of para-hydroxylation sites is 1. The van der Waals surface area contributed by atoms with Crippen LogP contribution >= 0.6 is 0 Å². The lowest BCUT2D eigenvalue weighted by molar-refractivity contribution is -0.123. The van der Waals surface area contributed by atoms with E-state index in [-0.39, 0.29) is 11.4 Å². The third kappa shape index (κ3) is 3.47. The number of hydrogen-bond acceptors (Lipinski definition) is 5. The number of aliphatic hydroxyl groups is 1. The molecule has 0 bridgehead atoms. The minimum absolute atomic E-state index is 0.0383. The zero-order valence-corrected chi connectivity index (χ0v) is 16.8. The minimum Gasteiger partial charge on any atom is -0.503 e. The molecule has 0 fully saturated rings. The van der Waals surface area contributed by atoms with Gasteiger partial charge >= 0.3 is 0 Å². The molecule has 1 unspecified atom stereocenters. The summed E-state index contributed by atoms with van der Waals surface area (Å²) in [7, 11) is 1.51. The quantitative estimate of drug-likeness (QED) is 0.849. The molecule has 1 atom stereocenters. The van der Waals surface area contributed by atoms with Crippen LogP contribution < -0.4 is 9.64 Å². The predicted molar refractivity (Wildman–Crippen MR) is 108 cm³/mol. The first kappa shape index (κ1) is 20.2. The Bertz CT molecular complexity index is 1040. The van der Waals surface area contributed by atoms with Gasteiger partial charge in [0, 0.05) is 16.7 Å². The molecule has 0 saturated heterocycles. The van der Waals surface area contributed by atoms with Crippen molar-refractivity contribution in [2.45, 2.75) is 26.8 Å². The van der Waals surface area contributed by atoms with Crippen LogP contribution in [0.15, 0.2) is 59.9 Å². The second kappa shape index (κ2) is 7.44. The predicted octanol–water partition coefficient (Wildman–Crippen LogP) is 4.08. The van der Waals surface area contributed by atoms with Gasteiger partial charge in [0.05, 0.1) is 30.4 Å². The molecule has 2 aromatic carbocycles. The third-order valence-electron chi connectivity index (χ3n) is 4.84. The summed E-state index contributed by atoms with van der Waals surface area (Å²) < 4.78 is 5.47. The first-order valence-corrected chi connectivity index (χ1v) is 9.15. The number of ether oxygens (including phenoxy) is 1. The highest BCUT2D eigenvalue weighted by Crippen LogP contribution is 2.45. The van der Waals surface area contributed by atoms with Gasteiger partial charge in [0.2, 0.25) is 0 Å². The number of aliphatic hydroxyl groups excluding tert-OH is 1. The summed E-state index contributed by atoms with van der Waals surface area (Å²) in [6.07, 6.45) is 0. The van der Waals surface area contributed by atoms with Crippen LogP contribution in [0.25, 0.3) is 0 Å². The van der Waals surface area contributed by atoms with Crippen molar-refractivity contribution < 1.29 is 19.4 Å². The van der Waals surface area contributed by atoms with Gasteiger partial charge in [-0.15, -0.1) is 0 Å². The molecule has 0 saturated carbocycles. The number of carbonyl (C=O) groups is 2. The van der Waals surface area contributed by atoms with Gasteiger partial charge in [-0.25, -0.2) is 0 Å². The number of benzene rings is 2. The molecule has 6 nitrogen and oxygen atoms in total. The smallest absolute Gasteiger partial charge is 0.294 e. The van der Waals surface area contributed by atoms with Crippen LogP contribution in [-0.4, -0.2) is 23.9 Å². The third-order valence-corrected chi connectivity index (χ3v) is 4.84. The van der Waals surface area contributed by atoms with Gasteiger partial charge in [0.1, 0.15) is 5.75 Å². The topological polar surface area (TPSA) is 90.6 Å². The van der Waals surface area contributed by atoms with E-state index in [0.717, 1.165) is 0 Å². The Hall–Kier alpha value is -3.59. The fourth-order valence-corrected chi connectivity index (χ4v) is 3.39. The summed E-state index contributed by atoms with van der Waals surface area (Å²) in [6, 6.07) is 14.7. The first-order chi connectivity index (χ1) is 13.7. The van der Waals surface area contributed by atoms with E-state index in [4.69, 9.17) is 10.00 Å². The highest BCUT2D eigenvalue weighted by Gasteiger charge is 2.47. The summed E-state index contributed by atoms with van der Waals surface area (Å²) in [5.74, 6) is -1.06. The van der Waals surface area contributed by atoms with Crippen LogP contribution in [0.4, 0.5) is 5.69 Å². The number of methoxy groups -OCH3 is 1.